The van der Waals surface area contributed by atoms with Crippen LogP contribution in [0.15, 0.2) is 16.6 Å². The van der Waals surface area contributed by atoms with Gasteiger partial charge in [0.2, 0.25) is 0 Å². The highest BCUT2D eigenvalue weighted by atomic mass is 14.8. The van der Waals surface area contributed by atoms with Crippen molar-refractivity contribution < 1.29 is 0 Å². The van der Waals surface area contributed by atoms with E-state index in [0.717, 1.165) is 6.42 Å². The number of nitrogens with zero attached hydrogens (tertiary/aromatic N) is 1. The Morgan fingerprint density at radius 1 is 1.33 bits per heavy atom. The molecule has 0 aliphatic heterocycles. The van der Waals surface area contributed by atoms with Crippen LogP contribution in [0, 0.1) is 5.41 Å². The molecule has 0 amide bonds. The predicted octanol–water partition coefficient (Wildman–Crippen LogP) is 4.38. The summed E-state index contributed by atoms with van der Waals surface area (Å²) < 4.78 is 0. The van der Waals surface area contributed by atoms with Crippen LogP contribution >= 0.6 is 0 Å². The summed E-state index contributed by atoms with van der Waals surface area (Å²) >= 11 is 0. The molecule has 0 aromatic rings. The predicted molar refractivity (Wildman–Crippen MR) is 68.6 cm³/mol. The van der Waals surface area contributed by atoms with Crippen LogP contribution in [0.1, 0.15) is 60.3 Å². The van der Waals surface area contributed by atoms with Gasteiger partial charge in [0.15, 0.2) is 0 Å². The molecule has 1 saturated carbocycles. The summed E-state index contributed by atoms with van der Waals surface area (Å²) in [6.07, 6.45) is 7.40. The van der Waals surface area contributed by atoms with E-state index in [-0.39, 0.29) is 0 Å². The Kier molecular flexibility index (Phi) is 4.12. The van der Waals surface area contributed by atoms with Crippen LogP contribution in [0.25, 0.3) is 0 Å². The summed E-state index contributed by atoms with van der Waals surface area (Å²) in [5.41, 5.74) is 3.19. The van der Waals surface area contributed by atoms with Crippen LogP contribution in [-0.2, 0) is 0 Å². The maximum Gasteiger partial charge on any atom is 0.0505 e. The van der Waals surface area contributed by atoms with E-state index >= 15 is 0 Å². The number of hydrogen-bond acceptors (Lipinski definition) is 1. The molecule has 0 saturated heterocycles. The molecule has 1 unspecified atom stereocenters. The van der Waals surface area contributed by atoms with Crippen LogP contribution in [0.4, 0.5) is 0 Å². The van der Waals surface area contributed by atoms with Gasteiger partial charge in [-0.15, -0.1) is 0 Å². The van der Waals surface area contributed by atoms with Crippen molar-refractivity contribution in [3.05, 3.63) is 11.6 Å². The van der Waals surface area contributed by atoms with Crippen LogP contribution in [0.2, 0.25) is 0 Å². The Morgan fingerprint density at radius 3 is 2.33 bits per heavy atom. The Hall–Kier alpha value is -0.590. The van der Waals surface area contributed by atoms with Crippen molar-refractivity contribution in [3.63, 3.8) is 0 Å². The number of aliphatic imine (C=N–C) groups is 1. The van der Waals surface area contributed by atoms with Gasteiger partial charge in [-0.1, -0.05) is 25.0 Å². The molecule has 1 fully saturated rings. The molecule has 15 heavy (non-hydrogen) atoms. The van der Waals surface area contributed by atoms with Gasteiger partial charge in [-0.2, -0.15) is 0 Å². The minimum atomic E-state index is 0.430. The second-order valence-corrected chi connectivity index (χ2v) is 5.49. The topological polar surface area (TPSA) is 12.4 Å². The fourth-order valence-electron chi connectivity index (χ4n) is 2.01. The number of hydrogen-bond donors (Lipinski definition) is 0. The largest absolute Gasteiger partial charge is 0.290 e. The third-order valence-corrected chi connectivity index (χ3v) is 3.61. The fraction of sp³-hybridized carbons (Fsp3) is 0.786. The lowest BCUT2D eigenvalue weighted by atomic mass is 9.67. The maximum absolute atomic E-state index is 4.81. The summed E-state index contributed by atoms with van der Waals surface area (Å²) in [6.45, 7) is 11.1. The molecule has 1 heteroatoms. The normalized spacial score (nSPS) is 21.8. The molecule has 86 valence electrons. The zero-order chi connectivity index (χ0) is 11.5. The van der Waals surface area contributed by atoms with E-state index in [4.69, 9.17) is 4.99 Å². The van der Waals surface area contributed by atoms with Gasteiger partial charge >= 0.3 is 0 Å². The summed E-state index contributed by atoms with van der Waals surface area (Å²) in [5.74, 6) is 0. The molecule has 0 aromatic heterocycles. The first-order valence-corrected chi connectivity index (χ1v) is 6.12. The van der Waals surface area contributed by atoms with E-state index < -0.39 is 0 Å². The van der Waals surface area contributed by atoms with E-state index in [9.17, 15) is 0 Å². The standard InChI is InChI=1S/C14H25N/c1-11(2)7-8-12(3)15-13(4)14(5)9-6-10-14/h7,12H,6,8-10H2,1-5H3. The highest BCUT2D eigenvalue weighted by Crippen LogP contribution is 2.41. The van der Waals surface area contributed by atoms with Crippen molar-refractivity contribution in [2.24, 2.45) is 10.4 Å². The van der Waals surface area contributed by atoms with Gasteiger partial charge in [0.05, 0.1) is 6.04 Å². The highest BCUT2D eigenvalue weighted by molar-refractivity contribution is 5.88. The van der Waals surface area contributed by atoms with Gasteiger partial charge in [-0.3, -0.25) is 4.99 Å². The molecule has 1 aliphatic carbocycles. The first kappa shape index (κ1) is 12.5. The van der Waals surface area contributed by atoms with E-state index in [2.05, 4.69) is 40.7 Å². The molecule has 1 rings (SSSR count). The first-order valence-electron chi connectivity index (χ1n) is 6.12. The smallest absolute Gasteiger partial charge is 0.0505 e. The third kappa shape index (κ3) is 3.48. The molecule has 0 bridgehead atoms. The highest BCUT2D eigenvalue weighted by Gasteiger charge is 2.34. The third-order valence-electron chi connectivity index (χ3n) is 3.61. The SMILES string of the molecule is CC(C)=CCC(C)N=C(C)C1(C)CCC1. The maximum atomic E-state index is 4.81. The van der Waals surface area contributed by atoms with Crippen LogP contribution in [0.5, 0.6) is 0 Å². The average molecular weight is 207 g/mol. The van der Waals surface area contributed by atoms with Gasteiger partial charge in [-0.25, -0.2) is 0 Å². The average Bonchev–Trinajstić information content (AvgIpc) is 2.10. The quantitative estimate of drug-likeness (QED) is 0.479. The molecule has 0 spiro atoms. The minimum Gasteiger partial charge on any atom is -0.290 e. The molecule has 0 N–H and O–H groups in total. The van der Waals surface area contributed by atoms with Gasteiger partial charge in [0.25, 0.3) is 0 Å². The second-order valence-electron chi connectivity index (χ2n) is 5.49. The van der Waals surface area contributed by atoms with E-state index in [1.54, 1.807) is 0 Å². The molecule has 1 nitrogen and oxygen atoms in total. The second kappa shape index (κ2) is 4.96. The Balaban J connectivity index is 2.50. The van der Waals surface area contributed by atoms with Gasteiger partial charge in [0.1, 0.15) is 0 Å². The van der Waals surface area contributed by atoms with Gasteiger partial charge in [0, 0.05) is 11.1 Å². The van der Waals surface area contributed by atoms with Crippen molar-refractivity contribution in [1.29, 1.82) is 0 Å². The molecule has 1 aliphatic rings. The number of rotatable bonds is 4. The first-order chi connectivity index (χ1) is 6.94. The lowest BCUT2D eigenvalue weighted by molar-refractivity contribution is 0.260. The molecule has 0 aromatic carbocycles. The zero-order valence-corrected chi connectivity index (χ0v) is 10.9. The van der Waals surface area contributed by atoms with Crippen LogP contribution in [-0.4, -0.2) is 11.8 Å². The van der Waals surface area contributed by atoms with Gasteiger partial charge < -0.3 is 0 Å². The van der Waals surface area contributed by atoms with Crippen molar-refractivity contribution in [2.45, 2.75) is 66.3 Å². The minimum absolute atomic E-state index is 0.430. The summed E-state index contributed by atoms with van der Waals surface area (Å²) in [7, 11) is 0. The lowest BCUT2D eigenvalue weighted by Gasteiger charge is -2.38. The monoisotopic (exact) mass is 207 g/mol. The Labute approximate surface area is 94.7 Å². The van der Waals surface area contributed by atoms with E-state index in [1.807, 2.05) is 0 Å². The van der Waals surface area contributed by atoms with Crippen molar-refractivity contribution in [1.82, 2.24) is 0 Å². The van der Waals surface area contributed by atoms with Gasteiger partial charge in [-0.05, 0) is 47.0 Å². The Bertz CT molecular complexity index is 265. The molecule has 1 atom stereocenters. The molecule has 0 radical (unpaired) electrons. The van der Waals surface area contributed by atoms with Crippen LogP contribution < -0.4 is 0 Å². The van der Waals surface area contributed by atoms with E-state index in [1.165, 1.54) is 30.5 Å². The lowest BCUT2D eigenvalue weighted by Crippen LogP contribution is -2.33. The fourth-order valence-corrected chi connectivity index (χ4v) is 2.01. The van der Waals surface area contributed by atoms with Crippen LogP contribution in [0.3, 0.4) is 0 Å². The van der Waals surface area contributed by atoms with Crippen molar-refractivity contribution in [3.8, 4) is 0 Å². The molecule has 0 heterocycles. The van der Waals surface area contributed by atoms with E-state index in [0.29, 0.717) is 11.5 Å². The number of allylic oxidation sites excluding steroid dienone is 1. The summed E-state index contributed by atoms with van der Waals surface area (Å²) in [4.78, 5) is 4.81. The summed E-state index contributed by atoms with van der Waals surface area (Å²) in [5, 5.41) is 0. The zero-order valence-electron chi connectivity index (χ0n) is 10.9. The van der Waals surface area contributed by atoms with Crippen molar-refractivity contribution in [2.75, 3.05) is 0 Å². The molecular weight excluding hydrogens is 182 g/mol. The summed E-state index contributed by atoms with van der Waals surface area (Å²) in [6, 6.07) is 0.442. The Morgan fingerprint density at radius 2 is 1.93 bits per heavy atom. The van der Waals surface area contributed by atoms with Crippen molar-refractivity contribution >= 4 is 5.71 Å². The molecular formula is C14H25N.